The van der Waals surface area contributed by atoms with Gasteiger partial charge in [0.05, 0.1) is 0 Å². The van der Waals surface area contributed by atoms with Crippen molar-refractivity contribution in [2.45, 2.75) is 58.4 Å². The Morgan fingerprint density at radius 3 is 2.56 bits per heavy atom. The Morgan fingerprint density at radius 1 is 1.28 bits per heavy atom. The van der Waals surface area contributed by atoms with E-state index in [4.69, 9.17) is 0 Å². The lowest BCUT2D eigenvalue weighted by Crippen LogP contribution is -2.24. The molecule has 1 N–H and O–H groups in total. The molecule has 0 radical (unpaired) electrons. The molecule has 1 aromatic heterocycles. The van der Waals surface area contributed by atoms with Crippen LogP contribution in [0.25, 0.3) is 0 Å². The molecular formula is C14H22BrN3. The van der Waals surface area contributed by atoms with E-state index in [9.17, 15) is 0 Å². The first kappa shape index (κ1) is 13.8. The highest BCUT2D eigenvalue weighted by Gasteiger charge is 2.24. The summed E-state index contributed by atoms with van der Waals surface area (Å²) in [7, 11) is 0. The van der Waals surface area contributed by atoms with E-state index in [1.807, 2.05) is 6.07 Å². The zero-order chi connectivity index (χ0) is 13.3. The molecule has 100 valence electrons. The highest BCUT2D eigenvalue weighted by molar-refractivity contribution is 9.10. The van der Waals surface area contributed by atoms with Gasteiger partial charge in [-0.1, -0.05) is 34.1 Å². The quantitative estimate of drug-likeness (QED) is 0.834. The van der Waals surface area contributed by atoms with E-state index in [0.717, 1.165) is 22.2 Å². The van der Waals surface area contributed by atoms with Crippen LogP contribution in [0.2, 0.25) is 0 Å². The molecule has 0 bridgehead atoms. The maximum Gasteiger partial charge on any atom is 0.137 e. The van der Waals surface area contributed by atoms with Crippen molar-refractivity contribution in [3.63, 3.8) is 0 Å². The number of aromatic nitrogens is 2. The van der Waals surface area contributed by atoms with E-state index in [1.165, 1.54) is 19.3 Å². The third-order valence-electron chi connectivity index (χ3n) is 3.56. The molecule has 0 amide bonds. The monoisotopic (exact) mass is 311 g/mol. The second kappa shape index (κ2) is 5.16. The van der Waals surface area contributed by atoms with Gasteiger partial charge in [0.15, 0.2) is 0 Å². The molecule has 1 aliphatic carbocycles. The third kappa shape index (κ3) is 3.22. The highest BCUT2D eigenvalue weighted by Crippen LogP contribution is 2.29. The lowest BCUT2D eigenvalue weighted by atomic mass is 9.96. The summed E-state index contributed by atoms with van der Waals surface area (Å²) >= 11 is 3.48. The van der Waals surface area contributed by atoms with Gasteiger partial charge in [0.2, 0.25) is 0 Å². The number of nitrogens with zero attached hydrogens (tertiary/aromatic N) is 2. The molecule has 0 saturated heterocycles. The molecule has 2 rings (SSSR count). The second-order valence-electron chi connectivity index (χ2n) is 6.31. The van der Waals surface area contributed by atoms with Gasteiger partial charge in [-0.2, -0.15) is 0 Å². The first-order valence-corrected chi connectivity index (χ1v) is 7.47. The first-order valence-electron chi connectivity index (χ1n) is 6.68. The van der Waals surface area contributed by atoms with Crippen LogP contribution in [0.3, 0.4) is 0 Å². The fraction of sp³-hybridized carbons (Fsp3) is 0.714. The van der Waals surface area contributed by atoms with E-state index in [1.54, 1.807) is 0 Å². The van der Waals surface area contributed by atoms with Crippen LogP contribution in [-0.2, 0) is 5.41 Å². The molecule has 1 fully saturated rings. The summed E-state index contributed by atoms with van der Waals surface area (Å²) < 4.78 is 0.857. The van der Waals surface area contributed by atoms with Crippen LogP contribution < -0.4 is 5.32 Å². The Labute approximate surface area is 118 Å². The van der Waals surface area contributed by atoms with Crippen LogP contribution in [0.5, 0.6) is 0 Å². The fourth-order valence-electron chi connectivity index (χ4n) is 2.38. The van der Waals surface area contributed by atoms with Crippen molar-refractivity contribution >= 4 is 21.7 Å². The normalized spacial score (nSPS) is 24.3. The van der Waals surface area contributed by atoms with Crippen molar-refractivity contribution in [2.75, 3.05) is 5.32 Å². The van der Waals surface area contributed by atoms with Gasteiger partial charge in [-0.3, -0.25) is 0 Å². The molecule has 4 heteroatoms. The second-order valence-corrected chi connectivity index (χ2v) is 7.12. The Balaban J connectivity index is 2.20. The zero-order valence-corrected chi connectivity index (χ0v) is 13.2. The summed E-state index contributed by atoms with van der Waals surface area (Å²) in [5, 5.41) is 3.56. The Hall–Kier alpha value is -0.640. The van der Waals surface area contributed by atoms with Crippen molar-refractivity contribution in [2.24, 2.45) is 5.92 Å². The molecule has 1 saturated carbocycles. The predicted octanol–water partition coefficient (Wildman–Crippen LogP) is 4.14. The Morgan fingerprint density at radius 2 is 2.00 bits per heavy atom. The molecule has 0 aliphatic heterocycles. The fourth-order valence-corrected chi connectivity index (χ4v) is 2.76. The number of halogens is 1. The summed E-state index contributed by atoms with van der Waals surface area (Å²) in [6, 6.07) is 2.53. The highest BCUT2D eigenvalue weighted by atomic mass is 79.9. The molecule has 0 spiro atoms. The van der Waals surface area contributed by atoms with E-state index >= 15 is 0 Å². The van der Waals surface area contributed by atoms with Gasteiger partial charge in [-0.05, 0) is 34.7 Å². The van der Waals surface area contributed by atoms with Gasteiger partial charge in [0.25, 0.3) is 0 Å². The molecule has 2 atom stereocenters. The van der Waals surface area contributed by atoms with Gasteiger partial charge >= 0.3 is 0 Å². The number of nitrogens with one attached hydrogen (secondary N) is 1. The number of hydrogen-bond acceptors (Lipinski definition) is 3. The molecule has 1 heterocycles. The number of anilines is 1. The van der Waals surface area contributed by atoms with Crippen LogP contribution in [0.1, 0.15) is 52.8 Å². The molecule has 3 nitrogen and oxygen atoms in total. The molecule has 0 aromatic carbocycles. The minimum absolute atomic E-state index is 0.0263. The summed E-state index contributed by atoms with van der Waals surface area (Å²) in [6.45, 7) is 8.72. The molecule has 18 heavy (non-hydrogen) atoms. The van der Waals surface area contributed by atoms with Gasteiger partial charge in [-0.15, -0.1) is 0 Å². The van der Waals surface area contributed by atoms with Crippen molar-refractivity contribution < 1.29 is 0 Å². The maximum atomic E-state index is 4.65. The van der Waals surface area contributed by atoms with Crippen molar-refractivity contribution in [3.05, 3.63) is 16.5 Å². The standard InChI is InChI=1S/C14H22BrN3/c1-9-6-5-7-10(9)16-12-8-11(15)17-13(18-12)14(2,3)4/h8-10H,5-7H2,1-4H3,(H,16,17,18). The van der Waals surface area contributed by atoms with Crippen molar-refractivity contribution in [3.8, 4) is 0 Å². The van der Waals surface area contributed by atoms with Crippen LogP contribution in [-0.4, -0.2) is 16.0 Å². The Bertz CT molecular complexity index is 426. The number of hydrogen-bond donors (Lipinski definition) is 1. The third-order valence-corrected chi connectivity index (χ3v) is 3.97. The smallest absolute Gasteiger partial charge is 0.137 e. The van der Waals surface area contributed by atoms with E-state index < -0.39 is 0 Å². The van der Waals surface area contributed by atoms with E-state index in [2.05, 4.69) is 58.9 Å². The minimum atomic E-state index is -0.0263. The molecular weight excluding hydrogens is 290 g/mol. The van der Waals surface area contributed by atoms with Gasteiger partial charge in [-0.25, -0.2) is 9.97 Å². The summed E-state index contributed by atoms with van der Waals surface area (Å²) in [5.41, 5.74) is -0.0263. The topological polar surface area (TPSA) is 37.8 Å². The molecule has 1 aliphatic rings. The van der Waals surface area contributed by atoms with Gasteiger partial charge in [0.1, 0.15) is 16.2 Å². The van der Waals surface area contributed by atoms with Crippen LogP contribution in [0, 0.1) is 5.92 Å². The van der Waals surface area contributed by atoms with E-state index in [-0.39, 0.29) is 5.41 Å². The largest absolute Gasteiger partial charge is 0.367 e. The number of rotatable bonds is 2. The van der Waals surface area contributed by atoms with Crippen LogP contribution in [0.4, 0.5) is 5.82 Å². The summed E-state index contributed by atoms with van der Waals surface area (Å²) in [4.78, 5) is 9.11. The van der Waals surface area contributed by atoms with Crippen molar-refractivity contribution in [1.29, 1.82) is 0 Å². The average molecular weight is 312 g/mol. The van der Waals surface area contributed by atoms with Crippen LogP contribution >= 0.6 is 15.9 Å². The molecule has 2 unspecified atom stereocenters. The molecule has 1 aromatic rings. The van der Waals surface area contributed by atoms with Crippen LogP contribution in [0.15, 0.2) is 10.7 Å². The lowest BCUT2D eigenvalue weighted by Gasteiger charge is -2.21. The first-order chi connectivity index (χ1) is 8.36. The summed E-state index contributed by atoms with van der Waals surface area (Å²) in [5.74, 6) is 2.56. The lowest BCUT2D eigenvalue weighted by molar-refractivity contribution is 0.536. The van der Waals surface area contributed by atoms with Gasteiger partial charge in [0, 0.05) is 17.5 Å². The van der Waals surface area contributed by atoms with Gasteiger partial charge < -0.3 is 5.32 Å². The maximum absolute atomic E-state index is 4.65. The summed E-state index contributed by atoms with van der Waals surface area (Å²) in [6.07, 6.45) is 3.88. The van der Waals surface area contributed by atoms with Crippen molar-refractivity contribution in [1.82, 2.24) is 9.97 Å². The Kier molecular flexibility index (Phi) is 3.95. The predicted molar refractivity (Wildman–Crippen MR) is 78.9 cm³/mol. The average Bonchev–Trinajstić information content (AvgIpc) is 2.62. The van der Waals surface area contributed by atoms with E-state index in [0.29, 0.717) is 6.04 Å². The zero-order valence-electron chi connectivity index (χ0n) is 11.6. The SMILES string of the molecule is CC1CCCC1Nc1cc(Br)nc(C(C)(C)C)n1. The minimum Gasteiger partial charge on any atom is -0.367 e.